The van der Waals surface area contributed by atoms with Crippen molar-refractivity contribution in [1.82, 2.24) is 10.6 Å². The number of hydrogen-bond acceptors (Lipinski definition) is 4. The lowest BCUT2D eigenvalue weighted by Crippen LogP contribution is -2.69. The number of fused-ring (bicyclic) bond motifs is 2. The molecule has 2 aliphatic heterocycles. The van der Waals surface area contributed by atoms with Gasteiger partial charge in [-0.3, -0.25) is 4.99 Å². The molecule has 26 heavy (non-hydrogen) atoms. The van der Waals surface area contributed by atoms with Gasteiger partial charge in [0, 0.05) is 49.2 Å². The standard InChI is InChI=1S/C20H35N3O3/c1-2-21-18(22-13-19(8-10-24)9-12-25-14-19)23-16-15-5-11-26-17(15)20(16)6-3-4-7-20/h15-17,24H,2-14H2,1H3,(H2,21,22,23). The van der Waals surface area contributed by atoms with Crippen molar-refractivity contribution >= 4 is 5.96 Å². The fourth-order valence-corrected chi connectivity index (χ4v) is 5.91. The van der Waals surface area contributed by atoms with Gasteiger partial charge in [0.2, 0.25) is 0 Å². The van der Waals surface area contributed by atoms with Crippen molar-refractivity contribution in [2.45, 2.75) is 64.0 Å². The van der Waals surface area contributed by atoms with Crippen LogP contribution >= 0.6 is 0 Å². The first kappa shape index (κ1) is 18.5. The summed E-state index contributed by atoms with van der Waals surface area (Å²) >= 11 is 0. The Balaban J connectivity index is 1.46. The summed E-state index contributed by atoms with van der Waals surface area (Å²) in [6, 6.07) is 0.490. The highest BCUT2D eigenvalue weighted by Gasteiger charge is 2.65. The molecule has 0 bridgehead atoms. The quantitative estimate of drug-likeness (QED) is 0.493. The summed E-state index contributed by atoms with van der Waals surface area (Å²) in [6.07, 6.45) is 8.62. The van der Waals surface area contributed by atoms with Crippen molar-refractivity contribution in [3.63, 3.8) is 0 Å². The molecule has 0 aromatic rings. The molecule has 2 saturated carbocycles. The Morgan fingerprint density at radius 1 is 1.23 bits per heavy atom. The summed E-state index contributed by atoms with van der Waals surface area (Å²) in [6.45, 7) is 6.31. The van der Waals surface area contributed by atoms with E-state index in [9.17, 15) is 5.11 Å². The van der Waals surface area contributed by atoms with Crippen LogP contribution in [0.4, 0.5) is 0 Å². The predicted molar refractivity (Wildman–Crippen MR) is 101 cm³/mol. The third kappa shape index (κ3) is 3.14. The number of aliphatic imine (C=N–C) groups is 1. The fourth-order valence-electron chi connectivity index (χ4n) is 5.91. The van der Waals surface area contributed by atoms with Crippen LogP contribution < -0.4 is 10.6 Å². The molecule has 1 spiro atoms. The Bertz CT molecular complexity index is 512. The van der Waals surface area contributed by atoms with Crippen LogP contribution in [0.25, 0.3) is 0 Å². The molecule has 0 amide bonds. The average Bonchev–Trinajstić information content (AvgIpc) is 3.37. The van der Waals surface area contributed by atoms with Crippen molar-refractivity contribution in [3.8, 4) is 0 Å². The number of nitrogens with one attached hydrogen (secondary N) is 2. The van der Waals surface area contributed by atoms with E-state index in [1.165, 1.54) is 32.1 Å². The Hall–Kier alpha value is -0.850. The van der Waals surface area contributed by atoms with Gasteiger partial charge in [0.25, 0.3) is 0 Å². The molecule has 148 valence electrons. The minimum Gasteiger partial charge on any atom is -0.396 e. The normalized spacial score (nSPS) is 38.4. The van der Waals surface area contributed by atoms with Crippen LogP contribution in [0.1, 0.15) is 51.9 Å². The Labute approximate surface area is 157 Å². The fraction of sp³-hybridized carbons (Fsp3) is 0.950. The van der Waals surface area contributed by atoms with Gasteiger partial charge in [-0.2, -0.15) is 0 Å². The Kier molecular flexibility index (Phi) is 5.44. The van der Waals surface area contributed by atoms with Gasteiger partial charge in [0.05, 0.1) is 19.3 Å². The molecule has 2 aliphatic carbocycles. The van der Waals surface area contributed by atoms with Gasteiger partial charge in [-0.1, -0.05) is 12.8 Å². The maximum Gasteiger partial charge on any atom is 0.191 e. The first-order valence-corrected chi connectivity index (χ1v) is 10.6. The minimum absolute atomic E-state index is 0.000759. The lowest BCUT2D eigenvalue weighted by molar-refractivity contribution is -0.125. The smallest absolute Gasteiger partial charge is 0.191 e. The lowest BCUT2D eigenvalue weighted by Gasteiger charge is -2.57. The third-order valence-electron chi connectivity index (χ3n) is 7.32. The summed E-state index contributed by atoms with van der Waals surface area (Å²) in [4.78, 5) is 4.94. The highest BCUT2D eigenvalue weighted by molar-refractivity contribution is 5.80. The van der Waals surface area contributed by atoms with Crippen molar-refractivity contribution in [2.24, 2.45) is 21.7 Å². The monoisotopic (exact) mass is 365 g/mol. The zero-order valence-electron chi connectivity index (χ0n) is 16.1. The molecule has 0 radical (unpaired) electrons. The van der Waals surface area contributed by atoms with Crippen LogP contribution in [0.5, 0.6) is 0 Å². The summed E-state index contributed by atoms with van der Waals surface area (Å²) in [5.74, 6) is 1.57. The zero-order valence-corrected chi connectivity index (χ0v) is 16.1. The van der Waals surface area contributed by atoms with E-state index in [0.717, 1.165) is 38.6 Å². The van der Waals surface area contributed by atoms with E-state index in [-0.39, 0.29) is 12.0 Å². The van der Waals surface area contributed by atoms with Crippen molar-refractivity contribution in [1.29, 1.82) is 0 Å². The second-order valence-corrected chi connectivity index (χ2v) is 8.78. The average molecular weight is 366 g/mol. The number of aliphatic hydroxyl groups is 1. The molecule has 6 heteroatoms. The van der Waals surface area contributed by atoms with Crippen LogP contribution in [0.2, 0.25) is 0 Å². The summed E-state index contributed by atoms with van der Waals surface area (Å²) in [5, 5.41) is 16.7. The molecule has 4 aliphatic rings. The second-order valence-electron chi connectivity index (χ2n) is 8.78. The highest BCUT2D eigenvalue weighted by Crippen LogP contribution is 2.60. The van der Waals surface area contributed by atoms with E-state index >= 15 is 0 Å². The number of guanidine groups is 1. The molecule has 4 atom stereocenters. The number of nitrogens with zero attached hydrogens (tertiary/aromatic N) is 1. The molecule has 4 rings (SSSR count). The molecule has 2 saturated heterocycles. The minimum atomic E-state index is 0.000759. The van der Waals surface area contributed by atoms with Gasteiger partial charge in [-0.15, -0.1) is 0 Å². The second kappa shape index (κ2) is 7.64. The molecule has 2 heterocycles. The van der Waals surface area contributed by atoms with Gasteiger partial charge in [-0.05, 0) is 39.0 Å². The largest absolute Gasteiger partial charge is 0.396 e. The molecule has 0 aromatic carbocycles. The molecular weight excluding hydrogens is 330 g/mol. The van der Waals surface area contributed by atoms with Gasteiger partial charge in [0.1, 0.15) is 0 Å². The lowest BCUT2D eigenvalue weighted by atomic mass is 9.54. The summed E-state index contributed by atoms with van der Waals surface area (Å²) < 4.78 is 11.7. The Morgan fingerprint density at radius 2 is 2.08 bits per heavy atom. The molecule has 3 N–H and O–H groups in total. The van der Waals surface area contributed by atoms with E-state index < -0.39 is 0 Å². The summed E-state index contributed by atoms with van der Waals surface area (Å²) in [7, 11) is 0. The first-order valence-electron chi connectivity index (χ1n) is 10.6. The maximum atomic E-state index is 9.45. The van der Waals surface area contributed by atoms with Gasteiger partial charge < -0.3 is 25.2 Å². The van der Waals surface area contributed by atoms with Crippen LogP contribution in [0.15, 0.2) is 4.99 Å². The highest BCUT2D eigenvalue weighted by atomic mass is 16.5. The molecular formula is C20H35N3O3. The topological polar surface area (TPSA) is 75.1 Å². The number of hydrogen-bond donors (Lipinski definition) is 3. The molecule has 6 nitrogen and oxygen atoms in total. The van der Waals surface area contributed by atoms with Gasteiger partial charge >= 0.3 is 0 Å². The maximum absolute atomic E-state index is 9.45. The van der Waals surface area contributed by atoms with Crippen LogP contribution in [-0.4, -0.2) is 62.7 Å². The van der Waals surface area contributed by atoms with Crippen LogP contribution in [-0.2, 0) is 9.47 Å². The van der Waals surface area contributed by atoms with Gasteiger partial charge in [-0.25, -0.2) is 0 Å². The molecule has 0 aromatic heterocycles. The predicted octanol–water partition coefficient (Wildman–Crippen LogP) is 1.68. The van der Waals surface area contributed by atoms with Crippen molar-refractivity contribution in [3.05, 3.63) is 0 Å². The Morgan fingerprint density at radius 3 is 2.77 bits per heavy atom. The number of ether oxygens (including phenoxy) is 2. The zero-order chi connectivity index (χ0) is 18.0. The first-order chi connectivity index (χ1) is 12.7. The number of aliphatic hydroxyl groups excluding tert-OH is 1. The van der Waals surface area contributed by atoms with E-state index in [1.807, 2.05) is 0 Å². The van der Waals surface area contributed by atoms with E-state index in [2.05, 4.69) is 17.6 Å². The van der Waals surface area contributed by atoms with E-state index in [4.69, 9.17) is 14.5 Å². The number of rotatable bonds is 6. The van der Waals surface area contributed by atoms with Crippen LogP contribution in [0, 0.1) is 16.7 Å². The molecule has 4 fully saturated rings. The van der Waals surface area contributed by atoms with Crippen molar-refractivity contribution in [2.75, 3.05) is 39.5 Å². The van der Waals surface area contributed by atoms with E-state index in [1.54, 1.807) is 0 Å². The van der Waals surface area contributed by atoms with Crippen molar-refractivity contribution < 1.29 is 14.6 Å². The summed E-state index contributed by atoms with van der Waals surface area (Å²) in [5.41, 5.74) is 0.331. The molecule has 4 unspecified atom stereocenters. The van der Waals surface area contributed by atoms with Gasteiger partial charge in [0.15, 0.2) is 5.96 Å². The van der Waals surface area contributed by atoms with Crippen LogP contribution in [0.3, 0.4) is 0 Å². The van der Waals surface area contributed by atoms with E-state index in [0.29, 0.717) is 36.6 Å². The SMILES string of the molecule is CCNC(=NCC1(CCO)CCOC1)NC1C2CCOC2C12CCCC2. The third-order valence-corrected chi connectivity index (χ3v) is 7.32.